The van der Waals surface area contributed by atoms with Gasteiger partial charge in [-0.3, -0.25) is 4.79 Å². The van der Waals surface area contributed by atoms with Crippen molar-refractivity contribution in [1.82, 2.24) is 5.32 Å². The van der Waals surface area contributed by atoms with Crippen LogP contribution in [0.1, 0.15) is 6.92 Å². The molecule has 0 aliphatic heterocycles. The van der Waals surface area contributed by atoms with Crippen LogP contribution >= 0.6 is 0 Å². The zero-order valence-corrected chi connectivity index (χ0v) is 6.45. The molecule has 0 bridgehead atoms. The molecule has 0 aromatic rings. The van der Waals surface area contributed by atoms with Crippen molar-refractivity contribution in [2.75, 3.05) is 13.1 Å². The summed E-state index contributed by atoms with van der Waals surface area (Å²) in [5.41, 5.74) is 4.76. The maximum Gasteiger partial charge on any atom is 0.247 e. The molecule has 0 rings (SSSR count). The highest BCUT2D eigenvalue weighted by Gasteiger charge is 2.09. The fourth-order valence-corrected chi connectivity index (χ4v) is 0.530. The molecule has 0 aromatic carbocycles. The number of hydrogen-bond acceptors (Lipinski definition) is 4. The van der Waals surface area contributed by atoms with E-state index in [1.54, 1.807) is 6.92 Å². The molecule has 1 unspecified atom stereocenters. The van der Waals surface area contributed by atoms with E-state index in [1.165, 1.54) is 0 Å². The molecule has 0 spiro atoms. The zero-order valence-electron chi connectivity index (χ0n) is 6.45. The Hall–Kier alpha value is -0.650. The van der Waals surface area contributed by atoms with Crippen molar-refractivity contribution in [2.24, 2.45) is 5.73 Å². The Morgan fingerprint density at radius 1 is 1.55 bits per heavy atom. The van der Waals surface area contributed by atoms with Gasteiger partial charge in [0.25, 0.3) is 0 Å². The van der Waals surface area contributed by atoms with E-state index in [0.29, 0.717) is 6.54 Å². The summed E-state index contributed by atoms with van der Waals surface area (Å²) in [7, 11) is 0. The number of primary amides is 1. The van der Waals surface area contributed by atoms with E-state index < -0.39 is 18.1 Å². The highest BCUT2D eigenvalue weighted by molar-refractivity contribution is 5.78. The molecule has 5 N–H and O–H groups in total. The van der Waals surface area contributed by atoms with Crippen LogP contribution in [0.25, 0.3) is 0 Å². The van der Waals surface area contributed by atoms with Gasteiger partial charge in [-0.25, -0.2) is 0 Å². The van der Waals surface area contributed by atoms with Gasteiger partial charge >= 0.3 is 0 Å². The van der Waals surface area contributed by atoms with Crippen LogP contribution in [0.15, 0.2) is 0 Å². The smallest absolute Gasteiger partial charge is 0.247 e. The highest BCUT2D eigenvalue weighted by atomic mass is 16.3. The summed E-state index contributed by atoms with van der Waals surface area (Å²) in [5, 5.41) is 20.2. The van der Waals surface area contributed by atoms with Crippen molar-refractivity contribution in [1.29, 1.82) is 0 Å². The van der Waals surface area contributed by atoms with E-state index in [0.717, 1.165) is 0 Å². The SMILES string of the molecule is C[C@@H](O)CNCC(O)C(N)=O. The molecule has 0 aromatic heterocycles. The second-order valence-electron chi connectivity index (χ2n) is 2.43. The lowest BCUT2D eigenvalue weighted by Crippen LogP contribution is -2.39. The molecule has 2 atom stereocenters. The summed E-state index contributed by atoms with van der Waals surface area (Å²) in [4.78, 5) is 10.2. The number of nitrogens with two attached hydrogens (primary N) is 1. The van der Waals surface area contributed by atoms with Gasteiger partial charge in [-0.2, -0.15) is 0 Å². The number of nitrogens with one attached hydrogen (secondary N) is 1. The topological polar surface area (TPSA) is 95.6 Å². The number of carbonyl (C=O) groups excluding carboxylic acids is 1. The minimum absolute atomic E-state index is 0.0836. The van der Waals surface area contributed by atoms with Crippen molar-refractivity contribution < 1.29 is 15.0 Å². The maximum absolute atomic E-state index is 10.2. The number of rotatable bonds is 5. The third-order valence-corrected chi connectivity index (χ3v) is 1.11. The normalized spacial score (nSPS) is 15.9. The van der Waals surface area contributed by atoms with Crippen LogP contribution in [0, 0.1) is 0 Å². The van der Waals surface area contributed by atoms with Crippen molar-refractivity contribution in [3.8, 4) is 0 Å². The summed E-state index contributed by atoms with van der Waals surface area (Å²) in [6.07, 6.45) is -1.66. The molecule has 5 heteroatoms. The van der Waals surface area contributed by atoms with Gasteiger partial charge in [-0.05, 0) is 6.92 Å². The van der Waals surface area contributed by atoms with Crippen molar-refractivity contribution in [3.63, 3.8) is 0 Å². The Morgan fingerprint density at radius 2 is 2.09 bits per heavy atom. The van der Waals surface area contributed by atoms with E-state index in [4.69, 9.17) is 15.9 Å². The van der Waals surface area contributed by atoms with E-state index in [-0.39, 0.29) is 6.54 Å². The van der Waals surface area contributed by atoms with E-state index in [9.17, 15) is 4.79 Å². The lowest BCUT2D eigenvalue weighted by atomic mass is 10.3. The molecule has 66 valence electrons. The van der Waals surface area contributed by atoms with Crippen LogP contribution in [0.4, 0.5) is 0 Å². The number of amides is 1. The quantitative estimate of drug-likeness (QED) is 0.369. The molecule has 0 aliphatic carbocycles. The number of aliphatic hydroxyl groups excluding tert-OH is 2. The first-order chi connectivity index (χ1) is 5.04. The molecule has 11 heavy (non-hydrogen) atoms. The van der Waals surface area contributed by atoms with Crippen LogP contribution in [0.5, 0.6) is 0 Å². The molecule has 5 nitrogen and oxygen atoms in total. The number of carbonyl (C=O) groups is 1. The lowest BCUT2D eigenvalue weighted by Gasteiger charge is -2.09. The van der Waals surface area contributed by atoms with Gasteiger partial charge in [0.2, 0.25) is 5.91 Å². The molecule has 0 heterocycles. The largest absolute Gasteiger partial charge is 0.392 e. The molecule has 0 aliphatic rings. The van der Waals surface area contributed by atoms with E-state index in [1.807, 2.05) is 0 Å². The predicted molar refractivity (Wildman–Crippen MR) is 39.8 cm³/mol. The first-order valence-electron chi connectivity index (χ1n) is 3.40. The lowest BCUT2D eigenvalue weighted by molar-refractivity contribution is -0.125. The number of hydrogen-bond donors (Lipinski definition) is 4. The first-order valence-corrected chi connectivity index (χ1v) is 3.40. The summed E-state index contributed by atoms with van der Waals surface area (Å²) >= 11 is 0. The van der Waals surface area contributed by atoms with Gasteiger partial charge in [-0.1, -0.05) is 0 Å². The Kier molecular flexibility index (Phi) is 4.76. The molecule has 1 amide bonds. The number of aliphatic hydroxyl groups is 2. The molecular weight excluding hydrogens is 148 g/mol. The summed E-state index contributed by atoms with van der Waals surface area (Å²) in [6, 6.07) is 0. The summed E-state index contributed by atoms with van der Waals surface area (Å²) in [6.45, 7) is 2.02. The van der Waals surface area contributed by atoms with E-state index in [2.05, 4.69) is 5.32 Å². The molecular formula is C6H14N2O3. The second-order valence-corrected chi connectivity index (χ2v) is 2.43. The van der Waals surface area contributed by atoms with Crippen LogP contribution in [0.3, 0.4) is 0 Å². The van der Waals surface area contributed by atoms with Crippen LogP contribution in [0.2, 0.25) is 0 Å². The van der Waals surface area contributed by atoms with Gasteiger partial charge in [-0.15, -0.1) is 0 Å². The fraction of sp³-hybridized carbons (Fsp3) is 0.833. The molecule has 0 saturated heterocycles. The average molecular weight is 162 g/mol. The molecule has 0 saturated carbocycles. The second kappa shape index (κ2) is 5.06. The minimum atomic E-state index is -1.17. The van der Waals surface area contributed by atoms with Gasteiger partial charge < -0.3 is 21.3 Å². The Labute approximate surface area is 65.2 Å². The standard InChI is InChI=1S/C6H14N2O3/c1-4(9)2-8-3-5(10)6(7)11/h4-5,8-10H,2-3H2,1H3,(H2,7,11)/t4-,5?/m1/s1. The van der Waals surface area contributed by atoms with Gasteiger partial charge in [0.05, 0.1) is 6.10 Å². The Balaban J connectivity index is 3.31. The first kappa shape index (κ1) is 10.3. The van der Waals surface area contributed by atoms with Crippen molar-refractivity contribution >= 4 is 5.91 Å². The Bertz CT molecular complexity index is 127. The van der Waals surface area contributed by atoms with E-state index >= 15 is 0 Å². The Morgan fingerprint density at radius 3 is 2.45 bits per heavy atom. The fourth-order valence-electron chi connectivity index (χ4n) is 0.530. The van der Waals surface area contributed by atoms with Crippen LogP contribution < -0.4 is 11.1 Å². The van der Waals surface area contributed by atoms with Gasteiger partial charge in [0.1, 0.15) is 6.10 Å². The molecule has 0 fully saturated rings. The third kappa shape index (κ3) is 5.78. The van der Waals surface area contributed by atoms with Crippen LogP contribution in [-0.4, -0.2) is 41.4 Å². The molecule has 0 radical (unpaired) electrons. The highest BCUT2D eigenvalue weighted by Crippen LogP contribution is 1.79. The summed E-state index contributed by atoms with van der Waals surface area (Å²) < 4.78 is 0. The van der Waals surface area contributed by atoms with Crippen molar-refractivity contribution in [2.45, 2.75) is 19.1 Å². The minimum Gasteiger partial charge on any atom is -0.392 e. The van der Waals surface area contributed by atoms with Gasteiger partial charge in [0.15, 0.2) is 0 Å². The van der Waals surface area contributed by atoms with Crippen LogP contribution in [-0.2, 0) is 4.79 Å². The van der Waals surface area contributed by atoms with Crippen molar-refractivity contribution in [3.05, 3.63) is 0 Å². The average Bonchev–Trinajstić information content (AvgIpc) is 1.86. The predicted octanol–water partition coefficient (Wildman–Crippen LogP) is -2.20. The summed E-state index contributed by atoms with van der Waals surface area (Å²) in [5.74, 6) is -0.761. The zero-order chi connectivity index (χ0) is 8.85. The monoisotopic (exact) mass is 162 g/mol. The van der Waals surface area contributed by atoms with Gasteiger partial charge in [0, 0.05) is 13.1 Å². The third-order valence-electron chi connectivity index (χ3n) is 1.11. The maximum atomic E-state index is 10.2.